The third-order valence-corrected chi connectivity index (χ3v) is 5.35. The zero-order chi connectivity index (χ0) is 21.1. The van der Waals surface area contributed by atoms with Gasteiger partial charge in [0.05, 0.1) is 24.0 Å². The number of hydrogen-bond donors (Lipinski definition) is 0. The van der Waals surface area contributed by atoms with Crippen molar-refractivity contribution >= 4 is 29.2 Å². The van der Waals surface area contributed by atoms with Crippen LogP contribution in [0.2, 0.25) is 5.02 Å². The van der Waals surface area contributed by atoms with Crippen molar-refractivity contribution in [3.05, 3.63) is 47.5 Å². The molecule has 3 amide bonds. The van der Waals surface area contributed by atoms with Crippen LogP contribution in [-0.2, 0) is 4.79 Å². The monoisotopic (exact) mass is 433 g/mol. The Morgan fingerprint density at radius 2 is 1.90 bits per heavy atom. The Kier molecular flexibility index (Phi) is 5.98. The first-order valence-electron chi connectivity index (χ1n) is 9.73. The molecule has 3 heterocycles. The lowest BCUT2D eigenvalue weighted by molar-refractivity contribution is -0.134. The van der Waals surface area contributed by atoms with Gasteiger partial charge in [-0.25, -0.2) is 19.2 Å². The standard InChI is InChI=1S/C20H21ClFN5O3/c21-14-10-23-19(24-11-14)30-17-2-1-7-25(12-17)18(28)13-26-8-9-27(20(26)29)16-5-3-15(22)4-6-16/h3-6,10-11,17H,1-2,7-9,12-13H2. The van der Waals surface area contributed by atoms with Crippen molar-refractivity contribution in [3.8, 4) is 6.01 Å². The SMILES string of the molecule is O=C(CN1CCN(c2ccc(F)cc2)C1=O)N1CCCC(Oc2ncc(Cl)cn2)C1. The van der Waals surface area contributed by atoms with Gasteiger partial charge in [-0.3, -0.25) is 9.69 Å². The Hall–Kier alpha value is -2.94. The van der Waals surface area contributed by atoms with Crippen LogP contribution in [0.5, 0.6) is 6.01 Å². The molecule has 2 aliphatic heterocycles. The van der Waals surface area contributed by atoms with E-state index in [4.69, 9.17) is 16.3 Å². The van der Waals surface area contributed by atoms with Crippen molar-refractivity contribution in [1.82, 2.24) is 19.8 Å². The fourth-order valence-electron chi connectivity index (χ4n) is 3.62. The summed E-state index contributed by atoms with van der Waals surface area (Å²) in [5, 5.41) is 0.424. The minimum atomic E-state index is -0.358. The summed E-state index contributed by atoms with van der Waals surface area (Å²) in [4.78, 5) is 38.3. The second kappa shape index (κ2) is 8.83. The van der Waals surface area contributed by atoms with Crippen molar-refractivity contribution in [2.45, 2.75) is 18.9 Å². The lowest BCUT2D eigenvalue weighted by atomic mass is 10.1. The van der Waals surface area contributed by atoms with Crippen molar-refractivity contribution in [2.24, 2.45) is 0 Å². The molecule has 0 radical (unpaired) electrons. The maximum absolute atomic E-state index is 13.1. The van der Waals surface area contributed by atoms with Gasteiger partial charge in [0.2, 0.25) is 5.91 Å². The number of urea groups is 1. The van der Waals surface area contributed by atoms with E-state index in [9.17, 15) is 14.0 Å². The number of aromatic nitrogens is 2. The summed E-state index contributed by atoms with van der Waals surface area (Å²) in [6, 6.07) is 5.72. The van der Waals surface area contributed by atoms with E-state index in [0.717, 1.165) is 12.8 Å². The Bertz CT molecular complexity index is 912. The summed E-state index contributed by atoms with van der Waals surface area (Å²) in [6.07, 6.45) is 4.29. The van der Waals surface area contributed by atoms with E-state index in [2.05, 4.69) is 9.97 Å². The molecular weight excluding hydrogens is 413 g/mol. The third-order valence-electron chi connectivity index (χ3n) is 5.16. The molecule has 2 aromatic rings. The highest BCUT2D eigenvalue weighted by atomic mass is 35.5. The van der Waals surface area contributed by atoms with Gasteiger partial charge in [0.25, 0.3) is 0 Å². The quantitative estimate of drug-likeness (QED) is 0.724. The predicted octanol–water partition coefficient (Wildman–Crippen LogP) is 2.58. The average Bonchev–Trinajstić information content (AvgIpc) is 3.11. The molecule has 1 atom stereocenters. The number of nitrogens with zero attached hydrogens (tertiary/aromatic N) is 5. The molecule has 1 aromatic heterocycles. The fraction of sp³-hybridized carbons (Fsp3) is 0.400. The molecule has 0 spiro atoms. The molecule has 2 fully saturated rings. The van der Waals surface area contributed by atoms with Crippen LogP contribution in [0.4, 0.5) is 14.9 Å². The molecule has 30 heavy (non-hydrogen) atoms. The maximum Gasteiger partial charge on any atom is 0.325 e. The van der Waals surface area contributed by atoms with Crippen molar-refractivity contribution < 1.29 is 18.7 Å². The van der Waals surface area contributed by atoms with Crippen LogP contribution < -0.4 is 9.64 Å². The van der Waals surface area contributed by atoms with Crippen molar-refractivity contribution in [1.29, 1.82) is 0 Å². The van der Waals surface area contributed by atoms with Crippen LogP contribution in [0.25, 0.3) is 0 Å². The third kappa shape index (κ3) is 4.62. The lowest BCUT2D eigenvalue weighted by Crippen LogP contribution is -2.48. The predicted molar refractivity (Wildman–Crippen MR) is 108 cm³/mol. The number of likely N-dealkylation sites (tertiary alicyclic amines) is 1. The highest BCUT2D eigenvalue weighted by Crippen LogP contribution is 2.21. The molecule has 0 N–H and O–H groups in total. The van der Waals surface area contributed by atoms with Crippen LogP contribution in [0.1, 0.15) is 12.8 Å². The Balaban J connectivity index is 1.32. The Labute approximate surface area is 178 Å². The van der Waals surface area contributed by atoms with Crippen molar-refractivity contribution in [2.75, 3.05) is 37.6 Å². The number of amides is 3. The largest absolute Gasteiger partial charge is 0.458 e. The van der Waals surface area contributed by atoms with Gasteiger partial charge < -0.3 is 14.5 Å². The number of carbonyl (C=O) groups excluding carboxylic acids is 2. The zero-order valence-electron chi connectivity index (χ0n) is 16.2. The van der Waals surface area contributed by atoms with Gasteiger partial charge in [-0.05, 0) is 37.1 Å². The zero-order valence-corrected chi connectivity index (χ0v) is 17.0. The van der Waals surface area contributed by atoms with E-state index in [1.807, 2.05) is 0 Å². The first-order valence-corrected chi connectivity index (χ1v) is 10.1. The van der Waals surface area contributed by atoms with Gasteiger partial charge in [-0.15, -0.1) is 0 Å². The van der Waals surface area contributed by atoms with Gasteiger partial charge in [0.1, 0.15) is 18.5 Å². The molecule has 1 unspecified atom stereocenters. The molecule has 0 aliphatic carbocycles. The molecule has 0 bridgehead atoms. The summed E-state index contributed by atoms with van der Waals surface area (Å²) < 4.78 is 18.9. The van der Waals surface area contributed by atoms with Gasteiger partial charge in [-0.2, -0.15) is 0 Å². The smallest absolute Gasteiger partial charge is 0.325 e. The molecule has 158 valence electrons. The molecule has 1 aromatic carbocycles. The minimum Gasteiger partial charge on any atom is -0.458 e. The molecule has 0 saturated carbocycles. The van der Waals surface area contributed by atoms with Gasteiger partial charge in [0.15, 0.2) is 0 Å². The topological polar surface area (TPSA) is 78.9 Å². The Morgan fingerprint density at radius 1 is 1.17 bits per heavy atom. The van der Waals surface area contributed by atoms with E-state index < -0.39 is 0 Å². The van der Waals surface area contributed by atoms with E-state index in [0.29, 0.717) is 36.9 Å². The number of ether oxygens (including phenoxy) is 1. The number of benzene rings is 1. The summed E-state index contributed by atoms with van der Waals surface area (Å²) in [5.74, 6) is -0.488. The molecular formula is C20H21ClFN5O3. The fourth-order valence-corrected chi connectivity index (χ4v) is 3.72. The van der Waals surface area contributed by atoms with Crippen LogP contribution in [0.3, 0.4) is 0 Å². The number of rotatable bonds is 5. The van der Waals surface area contributed by atoms with Crippen molar-refractivity contribution in [3.63, 3.8) is 0 Å². The summed E-state index contributed by atoms with van der Waals surface area (Å²) in [7, 11) is 0. The van der Waals surface area contributed by atoms with Crippen LogP contribution >= 0.6 is 11.6 Å². The number of hydrogen-bond acceptors (Lipinski definition) is 5. The maximum atomic E-state index is 13.1. The molecule has 2 saturated heterocycles. The Morgan fingerprint density at radius 3 is 2.63 bits per heavy atom. The molecule has 10 heteroatoms. The highest BCUT2D eigenvalue weighted by molar-refractivity contribution is 6.30. The van der Waals surface area contributed by atoms with Gasteiger partial charge >= 0.3 is 12.0 Å². The van der Waals surface area contributed by atoms with Gasteiger partial charge in [0, 0.05) is 25.3 Å². The van der Waals surface area contributed by atoms with Gasteiger partial charge in [-0.1, -0.05) is 11.6 Å². The number of carbonyl (C=O) groups is 2. The number of halogens is 2. The van der Waals surface area contributed by atoms with Crippen LogP contribution in [0.15, 0.2) is 36.7 Å². The number of piperidine rings is 1. The normalized spacial score (nSPS) is 19.3. The van der Waals surface area contributed by atoms with E-state index in [-0.39, 0.29) is 36.4 Å². The lowest BCUT2D eigenvalue weighted by Gasteiger charge is -2.33. The summed E-state index contributed by atoms with van der Waals surface area (Å²) in [5.41, 5.74) is 0.616. The summed E-state index contributed by atoms with van der Waals surface area (Å²) in [6.45, 7) is 1.92. The average molecular weight is 434 g/mol. The second-order valence-electron chi connectivity index (χ2n) is 7.24. The molecule has 4 rings (SSSR count). The minimum absolute atomic E-state index is 0.000687. The highest BCUT2D eigenvalue weighted by Gasteiger charge is 2.33. The van der Waals surface area contributed by atoms with E-state index in [1.165, 1.54) is 29.4 Å². The second-order valence-corrected chi connectivity index (χ2v) is 7.67. The van der Waals surface area contributed by atoms with Crippen LogP contribution in [-0.4, -0.2) is 70.5 Å². The molecule has 8 nitrogen and oxygen atoms in total. The summed E-state index contributed by atoms with van der Waals surface area (Å²) >= 11 is 5.78. The van der Waals surface area contributed by atoms with E-state index >= 15 is 0 Å². The first-order chi connectivity index (χ1) is 14.5. The van der Waals surface area contributed by atoms with E-state index in [1.54, 1.807) is 21.9 Å². The first kappa shape index (κ1) is 20.3. The molecule has 2 aliphatic rings. The van der Waals surface area contributed by atoms with Crippen LogP contribution in [0, 0.1) is 5.82 Å². The number of anilines is 1.